The van der Waals surface area contributed by atoms with Crippen LogP contribution in [0.4, 0.5) is 0 Å². The average molecular weight is 268 g/mol. The molecule has 0 aliphatic heterocycles. The van der Waals surface area contributed by atoms with Crippen molar-refractivity contribution in [3.05, 3.63) is 29.3 Å². The molecule has 18 heavy (non-hydrogen) atoms. The van der Waals surface area contributed by atoms with E-state index in [0.29, 0.717) is 11.1 Å². The molecule has 1 aliphatic carbocycles. The zero-order valence-electron chi connectivity index (χ0n) is 10.4. The minimum absolute atomic E-state index is 0.0116. The second-order valence-corrected chi connectivity index (χ2v) is 6.20. The third-order valence-corrected chi connectivity index (χ3v) is 4.21. The summed E-state index contributed by atoms with van der Waals surface area (Å²) in [4.78, 5) is 13.8. The number of aryl methyl sites for hydroxylation is 1. The molecular formula is C12H16N2O3S. The van der Waals surface area contributed by atoms with Crippen molar-refractivity contribution < 1.29 is 13.2 Å². The Balaban J connectivity index is 2.38. The van der Waals surface area contributed by atoms with Gasteiger partial charge in [0.25, 0.3) is 5.91 Å². The highest BCUT2D eigenvalue weighted by Gasteiger charge is 2.30. The molecule has 0 saturated heterocycles. The first-order valence-corrected chi connectivity index (χ1v) is 7.26. The first-order chi connectivity index (χ1) is 8.30. The molecule has 2 N–H and O–H groups in total. The summed E-state index contributed by atoms with van der Waals surface area (Å²) in [6.45, 7) is 1.65. The first-order valence-electron chi connectivity index (χ1n) is 5.71. The lowest BCUT2D eigenvalue weighted by atomic mass is 10.1. The molecule has 0 aromatic heterocycles. The Hall–Kier alpha value is -1.40. The Morgan fingerprint density at radius 1 is 1.39 bits per heavy atom. The van der Waals surface area contributed by atoms with Crippen LogP contribution in [0.1, 0.15) is 28.8 Å². The van der Waals surface area contributed by atoms with Crippen LogP contribution in [-0.4, -0.2) is 32.3 Å². The van der Waals surface area contributed by atoms with Gasteiger partial charge in [-0.3, -0.25) is 4.79 Å². The second-order valence-electron chi connectivity index (χ2n) is 4.67. The molecule has 0 bridgehead atoms. The van der Waals surface area contributed by atoms with E-state index >= 15 is 0 Å². The summed E-state index contributed by atoms with van der Waals surface area (Å²) in [7, 11) is -2.06. The standard InChI is InChI=1S/C12H16N2O3S/c1-8-3-4-9(7-11(8)18(13,16)17)12(15)14(2)10-5-6-10/h3-4,7,10H,5-6H2,1-2H3,(H2,13,16,17). The van der Waals surface area contributed by atoms with Gasteiger partial charge in [-0.2, -0.15) is 0 Å². The van der Waals surface area contributed by atoms with Crippen molar-refractivity contribution in [2.24, 2.45) is 5.14 Å². The maximum Gasteiger partial charge on any atom is 0.253 e. The van der Waals surface area contributed by atoms with E-state index in [2.05, 4.69) is 0 Å². The third-order valence-electron chi connectivity index (χ3n) is 3.16. The fourth-order valence-corrected chi connectivity index (χ4v) is 2.68. The highest BCUT2D eigenvalue weighted by atomic mass is 32.2. The third kappa shape index (κ3) is 2.54. The summed E-state index contributed by atoms with van der Waals surface area (Å²) in [6, 6.07) is 4.88. The Labute approximate surface area is 107 Å². The van der Waals surface area contributed by atoms with E-state index in [1.165, 1.54) is 6.07 Å². The molecule has 0 atom stereocenters. The number of primary sulfonamides is 1. The number of nitrogens with two attached hydrogens (primary N) is 1. The second kappa shape index (κ2) is 4.37. The highest BCUT2D eigenvalue weighted by molar-refractivity contribution is 7.89. The summed E-state index contributed by atoms with van der Waals surface area (Å²) in [5.41, 5.74) is 0.905. The Kier molecular flexibility index (Phi) is 3.16. The number of hydrogen-bond acceptors (Lipinski definition) is 3. The molecule has 2 rings (SSSR count). The van der Waals surface area contributed by atoms with Crippen LogP contribution < -0.4 is 5.14 Å². The molecule has 5 nitrogen and oxygen atoms in total. The van der Waals surface area contributed by atoms with Gasteiger partial charge in [0.05, 0.1) is 4.90 Å². The maximum atomic E-state index is 12.1. The van der Waals surface area contributed by atoms with Crippen LogP contribution in [0.25, 0.3) is 0 Å². The molecule has 0 unspecified atom stereocenters. The van der Waals surface area contributed by atoms with Gasteiger partial charge in [0.2, 0.25) is 10.0 Å². The minimum Gasteiger partial charge on any atom is -0.339 e. The minimum atomic E-state index is -3.79. The van der Waals surface area contributed by atoms with E-state index in [0.717, 1.165) is 12.8 Å². The van der Waals surface area contributed by atoms with Gasteiger partial charge < -0.3 is 4.90 Å². The summed E-state index contributed by atoms with van der Waals surface area (Å²) in [5, 5.41) is 5.12. The van der Waals surface area contributed by atoms with Gasteiger partial charge in [-0.25, -0.2) is 13.6 Å². The summed E-state index contributed by atoms with van der Waals surface area (Å²) in [6.07, 6.45) is 2.02. The van der Waals surface area contributed by atoms with Crippen molar-refractivity contribution in [2.75, 3.05) is 7.05 Å². The number of nitrogens with zero attached hydrogens (tertiary/aromatic N) is 1. The van der Waals surface area contributed by atoms with Crippen LogP contribution >= 0.6 is 0 Å². The van der Waals surface area contributed by atoms with Gasteiger partial charge in [-0.15, -0.1) is 0 Å². The Morgan fingerprint density at radius 2 is 2.00 bits per heavy atom. The number of sulfonamides is 1. The quantitative estimate of drug-likeness (QED) is 0.883. The molecule has 0 heterocycles. The molecular weight excluding hydrogens is 252 g/mol. The molecule has 0 radical (unpaired) electrons. The first kappa shape index (κ1) is 13.0. The smallest absolute Gasteiger partial charge is 0.253 e. The molecule has 98 valence electrons. The Bertz CT molecular complexity index is 591. The molecule has 1 saturated carbocycles. The van der Waals surface area contributed by atoms with E-state index in [1.54, 1.807) is 31.0 Å². The van der Waals surface area contributed by atoms with Crippen molar-refractivity contribution >= 4 is 15.9 Å². The zero-order chi connectivity index (χ0) is 13.5. The summed E-state index contributed by atoms with van der Waals surface area (Å²) >= 11 is 0. The van der Waals surface area contributed by atoms with E-state index in [1.807, 2.05) is 0 Å². The molecule has 1 aromatic carbocycles. The SMILES string of the molecule is Cc1ccc(C(=O)N(C)C2CC2)cc1S(N)(=O)=O. The van der Waals surface area contributed by atoms with Gasteiger partial charge >= 0.3 is 0 Å². The molecule has 0 spiro atoms. The van der Waals surface area contributed by atoms with Gasteiger partial charge in [-0.1, -0.05) is 6.07 Å². The Morgan fingerprint density at radius 3 is 2.50 bits per heavy atom. The number of rotatable bonds is 3. The van der Waals surface area contributed by atoms with E-state index in [9.17, 15) is 13.2 Å². The van der Waals surface area contributed by atoms with Gasteiger partial charge in [0.15, 0.2) is 0 Å². The van der Waals surface area contributed by atoms with Gasteiger partial charge in [0.1, 0.15) is 0 Å². The van der Waals surface area contributed by atoms with Crippen molar-refractivity contribution in [3.63, 3.8) is 0 Å². The zero-order valence-corrected chi connectivity index (χ0v) is 11.2. The van der Waals surface area contributed by atoms with E-state index in [-0.39, 0.29) is 16.8 Å². The maximum absolute atomic E-state index is 12.1. The highest BCUT2D eigenvalue weighted by Crippen LogP contribution is 2.27. The lowest BCUT2D eigenvalue weighted by Crippen LogP contribution is -2.29. The van der Waals surface area contributed by atoms with Crippen molar-refractivity contribution in [1.82, 2.24) is 4.90 Å². The van der Waals surface area contributed by atoms with Crippen LogP contribution in [0, 0.1) is 6.92 Å². The van der Waals surface area contributed by atoms with Crippen LogP contribution in [0.5, 0.6) is 0 Å². The van der Waals surface area contributed by atoms with Crippen molar-refractivity contribution in [3.8, 4) is 0 Å². The molecule has 1 aliphatic rings. The number of benzene rings is 1. The predicted molar refractivity (Wildman–Crippen MR) is 67.7 cm³/mol. The van der Waals surface area contributed by atoms with Crippen molar-refractivity contribution in [1.29, 1.82) is 0 Å². The molecule has 1 fully saturated rings. The number of amides is 1. The summed E-state index contributed by atoms with van der Waals surface area (Å²) < 4.78 is 22.8. The van der Waals surface area contributed by atoms with E-state index < -0.39 is 10.0 Å². The normalized spacial score (nSPS) is 15.5. The molecule has 1 amide bonds. The monoisotopic (exact) mass is 268 g/mol. The predicted octanol–water partition coefficient (Wildman–Crippen LogP) is 0.877. The number of carbonyl (C=O) groups excluding carboxylic acids is 1. The number of hydrogen-bond donors (Lipinski definition) is 1. The lowest BCUT2D eigenvalue weighted by molar-refractivity contribution is 0.0785. The van der Waals surface area contributed by atoms with Crippen LogP contribution in [0.15, 0.2) is 23.1 Å². The fourth-order valence-electron chi connectivity index (χ4n) is 1.87. The lowest BCUT2D eigenvalue weighted by Gasteiger charge is -2.17. The number of carbonyl (C=O) groups is 1. The van der Waals surface area contributed by atoms with Gasteiger partial charge in [-0.05, 0) is 37.5 Å². The van der Waals surface area contributed by atoms with E-state index in [4.69, 9.17) is 5.14 Å². The fraction of sp³-hybridized carbons (Fsp3) is 0.417. The summed E-state index contributed by atoms with van der Waals surface area (Å²) in [5.74, 6) is -0.164. The average Bonchev–Trinajstić information content (AvgIpc) is 3.10. The molecule has 1 aromatic rings. The van der Waals surface area contributed by atoms with Crippen LogP contribution in [-0.2, 0) is 10.0 Å². The van der Waals surface area contributed by atoms with Crippen LogP contribution in [0.3, 0.4) is 0 Å². The van der Waals surface area contributed by atoms with Gasteiger partial charge in [0, 0.05) is 18.7 Å². The van der Waals surface area contributed by atoms with Crippen LogP contribution in [0.2, 0.25) is 0 Å². The van der Waals surface area contributed by atoms with Crippen molar-refractivity contribution in [2.45, 2.75) is 30.7 Å². The largest absolute Gasteiger partial charge is 0.339 e. The topological polar surface area (TPSA) is 80.5 Å². The molecule has 6 heteroatoms.